The number of nitrogens with one attached hydrogen (secondary N) is 2. The number of benzene rings is 1. The van der Waals surface area contributed by atoms with Crippen LogP contribution < -0.4 is 16.6 Å². The van der Waals surface area contributed by atoms with Crippen LogP contribution in [0.2, 0.25) is 5.02 Å². The molecule has 0 aliphatic rings. The molecule has 4 N–H and O–H groups in total. The molecule has 0 spiro atoms. The summed E-state index contributed by atoms with van der Waals surface area (Å²) in [5.41, 5.74) is 4.38. The first kappa shape index (κ1) is 14.1. The summed E-state index contributed by atoms with van der Waals surface area (Å²) in [6.45, 7) is 4.03. The highest BCUT2D eigenvalue weighted by molar-refractivity contribution is 7.18. The number of hydrazine groups is 1. The van der Waals surface area contributed by atoms with Crippen LogP contribution in [-0.4, -0.2) is 9.97 Å². The molecule has 0 amide bonds. The second-order valence-corrected chi connectivity index (χ2v) is 6.31. The van der Waals surface area contributed by atoms with Crippen molar-refractivity contribution >= 4 is 50.6 Å². The molecule has 3 rings (SSSR count). The minimum atomic E-state index is 0.372. The van der Waals surface area contributed by atoms with Gasteiger partial charge in [0.25, 0.3) is 0 Å². The van der Waals surface area contributed by atoms with Gasteiger partial charge in [-0.3, -0.25) is 5.43 Å². The fraction of sp³-hybridized carbons (Fsp3) is 0.143. The monoisotopic (exact) mass is 319 g/mol. The Hall–Kier alpha value is -1.89. The Morgan fingerprint density at radius 3 is 2.76 bits per heavy atom. The number of hydrogen-bond donors (Lipinski definition) is 3. The van der Waals surface area contributed by atoms with Gasteiger partial charge in [0.15, 0.2) is 0 Å². The van der Waals surface area contributed by atoms with Gasteiger partial charge in [0.05, 0.1) is 16.1 Å². The quantitative estimate of drug-likeness (QED) is 0.502. The Morgan fingerprint density at radius 2 is 2.05 bits per heavy atom. The molecule has 2 aromatic heterocycles. The van der Waals surface area contributed by atoms with Crippen molar-refractivity contribution in [2.75, 3.05) is 10.7 Å². The standard InChI is InChI=1S/C14H14ClN5S/c1-7-4-3-5-10(15)11(7)17-12-9-6-8(2)21-13(9)19-14(18-12)20-16/h3-6H,16H2,1-2H3,(H2,17,18,19,20). The number of fused-ring (bicyclic) bond motifs is 1. The van der Waals surface area contributed by atoms with Gasteiger partial charge >= 0.3 is 0 Å². The second kappa shape index (κ2) is 5.48. The lowest BCUT2D eigenvalue weighted by Gasteiger charge is -2.12. The summed E-state index contributed by atoms with van der Waals surface area (Å²) in [7, 11) is 0. The van der Waals surface area contributed by atoms with Gasteiger partial charge in [-0.15, -0.1) is 11.3 Å². The lowest BCUT2D eigenvalue weighted by molar-refractivity contribution is 1.16. The van der Waals surface area contributed by atoms with E-state index in [1.165, 1.54) is 0 Å². The van der Waals surface area contributed by atoms with Crippen molar-refractivity contribution < 1.29 is 0 Å². The number of aryl methyl sites for hydroxylation is 2. The summed E-state index contributed by atoms with van der Waals surface area (Å²) in [5, 5.41) is 4.90. The maximum atomic E-state index is 6.27. The van der Waals surface area contributed by atoms with Crippen molar-refractivity contribution in [1.29, 1.82) is 0 Å². The van der Waals surface area contributed by atoms with Crippen LogP contribution >= 0.6 is 22.9 Å². The number of halogens is 1. The Kier molecular flexibility index (Phi) is 3.67. The fourth-order valence-corrected chi connectivity index (χ4v) is 3.26. The topological polar surface area (TPSA) is 75.9 Å². The predicted octanol–water partition coefficient (Wildman–Crippen LogP) is 3.99. The van der Waals surface area contributed by atoms with E-state index in [2.05, 4.69) is 26.8 Å². The predicted molar refractivity (Wildman–Crippen MR) is 89.4 cm³/mol. The zero-order valence-electron chi connectivity index (χ0n) is 11.6. The molecule has 21 heavy (non-hydrogen) atoms. The van der Waals surface area contributed by atoms with Crippen LogP contribution in [0.5, 0.6) is 0 Å². The molecule has 0 aliphatic carbocycles. The molecule has 0 saturated heterocycles. The lowest BCUT2D eigenvalue weighted by atomic mass is 10.2. The highest BCUT2D eigenvalue weighted by atomic mass is 35.5. The number of hydrogen-bond acceptors (Lipinski definition) is 6. The van der Waals surface area contributed by atoms with E-state index >= 15 is 0 Å². The molecular weight excluding hydrogens is 306 g/mol. The summed E-state index contributed by atoms with van der Waals surface area (Å²) in [6, 6.07) is 7.80. The zero-order valence-corrected chi connectivity index (χ0v) is 13.1. The van der Waals surface area contributed by atoms with Crippen molar-refractivity contribution in [3.8, 4) is 0 Å². The molecule has 0 fully saturated rings. The van der Waals surface area contributed by atoms with Gasteiger partial charge in [-0.1, -0.05) is 23.7 Å². The summed E-state index contributed by atoms with van der Waals surface area (Å²) in [6.07, 6.45) is 0. The summed E-state index contributed by atoms with van der Waals surface area (Å²) in [4.78, 5) is 10.8. The summed E-state index contributed by atoms with van der Waals surface area (Å²) in [5.74, 6) is 6.51. The van der Waals surface area contributed by atoms with Crippen LogP contribution in [0, 0.1) is 13.8 Å². The Bertz CT molecular complexity index is 794. The van der Waals surface area contributed by atoms with Gasteiger partial charge in [0.2, 0.25) is 5.95 Å². The largest absolute Gasteiger partial charge is 0.338 e. The third-order valence-corrected chi connectivity index (χ3v) is 4.37. The average molecular weight is 320 g/mol. The van der Waals surface area contributed by atoms with E-state index in [0.29, 0.717) is 16.8 Å². The minimum Gasteiger partial charge on any atom is -0.338 e. The van der Waals surface area contributed by atoms with E-state index in [-0.39, 0.29) is 0 Å². The van der Waals surface area contributed by atoms with Gasteiger partial charge in [0.1, 0.15) is 10.6 Å². The first-order chi connectivity index (χ1) is 10.1. The smallest absolute Gasteiger partial charge is 0.240 e. The Labute approximate surface area is 131 Å². The van der Waals surface area contributed by atoms with Crippen molar-refractivity contribution in [3.63, 3.8) is 0 Å². The third-order valence-electron chi connectivity index (χ3n) is 3.11. The zero-order chi connectivity index (χ0) is 15.0. The first-order valence-electron chi connectivity index (χ1n) is 6.35. The fourth-order valence-electron chi connectivity index (χ4n) is 2.11. The van der Waals surface area contributed by atoms with Crippen LogP contribution in [0.25, 0.3) is 10.2 Å². The molecule has 0 bridgehead atoms. The van der Waals surface area contributed by atoms with Gasteiger partial charge < -0.3 is 5.32 Å². The van der Waals surface area contributed by atoms with E-state index in [1.54, 1.807) is 11.3 Å². The molecule has 0 saturated carbocycles. The van der Waals surface area contributed by atoms with E-state index in [0.717, 1.165) is 26.3 Å². The van der Waals surface area contributed by atoms with E-state index in [9.17, 15) is 0 Å². The second-order valence-electron chi connectivity index (χ2n) is 4.67. The van der Waals surface area contributed by atoms with Gasteiger partial charge in [-0.2, -0.15) is 4.98 Å². The number of aromatic nitrogens is 2. The van der Waals surface area contributed by atoms with E-state index < -0.39 is 0 Å². The molecule has 1 aromatic carbocycles. The maximum Gasteiger partial charge on any atom is 0.240 e. The van der Waals surface area contributed by atoms with Crippen molar-refractivity contribution in [1.82, 2.24) is 9.97 Å². The molecular formula is C14H14ClN5S. The average Bonchev–Trinajstić information content (AvgIpc) is 2.83. The van der Waals surface area contributed by atoms with Gasteiger partial charge in [-0.05, 0) is 31.5 Å². The minimum absolute atomic E-state index is 0.372. The molecule has 108 valence electrons. The molecule has 5 nitrogen and oxygen atoms in total. The number of nitrogens with zero attached hydrogens (tertiary/aromatic N) is 2. The van der Waals surface area contributed by atoms with Crippen LogP contribution in [0.15, 0.2) is 24.3 Å². The Balaban J connectivity index is 2.15. The van der Waals surface area contributed by atoms with Gasteiger partial charge in [-0.25, -0.2) is 10.8 Å². The Morgan fingerprint density at radius 1 is 1.24 bits per heavy atom. The number of anilines is 3. The summed E-state index contributed by atoms with van der Waals surface area (Å²) >= 11 is 7.86. The van der Waals surface area contributed by atoms with Crippen LogP contribution in [0.1, 0.15) is 10.4 Å². The number of nitrogen functional groups attached to an aromatic ring is 1. The van der Waals surface area contributed by atoms with Crippen LogP contribution in [0.4, 0.5) is 17.5 Å². The summed E-state index contributed by atoms with van der Waals surface area (Å²) < 4.78 is 0. The van der Waals surface area contributed by atoms with Crippen LogP contribution in [-0.2, 0) is 0 Å². The first-order valence-corrected chi connectivity index (χ1v) is 7.55. The molecule has 0 atom stereocenters. The molecule has 3 aromatic rings. The molecule has 7 heteroatoms. The third kappa shape index (κ3) is 2.65. The molecule has 0 unspecified atom stereocenters. The van der Waals surface area contributed by atoms with E-state index in [1.807, 2.05) is 32.0 Å². The highest BCUT2D eigenvalue weighted by Crippen LogP contribution is 2.34. The molecule has 0 aliphatic heterocycles. The highest BCUT2D eigenvalue weighted by Gasteiger charge is 2.12. The van der Waals surface area contributed by atoms with Crippen molar-refractivity contribution in [2.24, 2.45) is 5.84 Å². The van der Waals surface area contributed by atoms with Crippen molar-refractivity contribution in [2.45, 2.75) is 13.8 Å². The number of para-hydroxylation sites is 1. The number of nitrogens with two attached hydrogens (primary N) is 1. The molecule has 0 radical (unpaired) electrons. The number of rotatable bonds is 3. The normalized spacial score (nSPS) is 10.9. The van der Waals surface area contributed by atoms with E-state index in [4.69, 9.17) is 17.4 Å². The SMILES string of the molecule is Cc1cc2c(Nc3c(C)cccc3Cl)nc(NN)nc2s1. The van der Waals surface area contributed by atoms with Crippen LogP contribution in [0.3, 0.4) is 0 Å². The van der Waals surface area contributed by atoms with Crippen molar-refractivity contribution in [3.05, 3.63) is 39.7 Å². The lowest BCUT2D eigenvalue weighted by Crippen LogP contribution is -2.11. The molecule has 2 heterocycles. The number of thiophene rings is 1. The van der Waals surface area contributed by atoms with Gasteiger partial charge in [0, 0.05) is 4.88 Å². The maximum absolute atomic E-state index is 6.27.